The van der Waals surface area contributed by atoms with Gasteiger partial charge in [-0.05, 0) is 18.2 Å². The lowest BCUT2D eigenvalue weighted by atomic mass is 10.1. The summed E-state index contributed by atoms with van der Waals surface area (Å²) in [5.74, 6) is 0.231. The molecule has 0 aromatic heterocycles. The van der Waals surface area contributed by atoms with Gasteiger partial charge < -0.3 is 9.73 Å². The van der Waals surface area contributed by atoms with Gasteiger partial charge in [-0.15, -0.1) is 10.2 Å². The van der Waals surface area contributed by atoms with Crippen molar-refractivity contribution in [2.75, 3.05) is 5.32 Å². The van der Waals surface area contributed by atoms with Crippen molar-refractivity contribution >= 4 is 38.6 Å². The van der Waals surface area contributed by atoms with Crippen molar-refractivity contribution in [1.82, 2.24) is 10.2 Å². The minimum atomic E-state index is -0.189. The van der Waals surface area contributed by atoms with E-state index < -0.39 is 0 Å². The van der Waals surface area contributed by atoms with E-state index in [0.717, 1.165) is 15.4 Å². The summed E-state index contributed by atoms with van der Waals surface area (Å²) >= 11 is 3.41. The number of amides is 1. The van der Waals surface area contributed by atoms with Crippen LogP contribution in [0.1, 0.15) is 6.92 Å². The van der Waals surface area contributed by atoms with Gasteiger partial charge in [-0.25, -0.2) is 0 Å². The number of carbonyl (C=O) groups is 1. The number of anilines is 1. The molecule has 1 N–H and O–H groups in total. The third-order valence-corrected chi connectivity index (χ3v) is 3.05. The molecule has 2 aliphatic rings. The van der Waals surface area contributed by atoms with Crippen LogP contribution in [0, 0.1) is 0 Å². The minimum Gasteiger partial charge on any atom is -0.463 e. The Kier molecular flexibility index (Phi) is 2.52. The number of rotatable bonds is 1. The lowest BCUT2D eigenvalue weighted by molar-refractivity contribution is -0.114. The Morgan fingerprint density at radius 3 is 3.00 bits per heavy atom. The average molecular weight is 306 g/mol. The quantitative estimate of drug-likeness (QED) is 0.750. The molecule has 3 rings (SSSR count). The molecular formula is C12H8BrN3O2. The fourth-order valence-electron chi connectivity index (χ4n) is 1.80. The van der Waals surface area contributed by atoms with Crippen LogP contribution in [0.5, 0.6) is 0 Å². The molecule has 0 atom stereocenters. The maximum atomic E-state index is 11.1. The van der Waals surface area contributed by atoms with Crippen molar-refractivity contribution in [3.8, 4) is 11.3 Å². The molecule has 0 aliphatic carbocycles. The van der Waals surface area contributed by atoms with Gasteiger partial charge in [-0.3, -0.25) is 4.79 Å². The predicted octanol–water partition coefficient (Wildman–Crippen LogP) is 3.05. The molecular weight excluding hydrogens is 298 g/mol. The first-order chi connectivity index (χ1) is 8.65. The van der Waals surface area contributed by atoms with E-state index in [1.165, 1.54) is 6.92 Å². The van der Waals surface area contributed by atoms with Crippen LogP contribution in [0.3, 0.4) is 0 Å². The number of benzene rings is 1. The largest absolute Gasteiger partial charge is 0.463 e. The van der Waals surface area contributed by atoms with Crippen LogP contribution in [0.25, 0.3) is 22.2 Å². The summed E-state index contributed by atoms with van der Waals surface area (Å²) in [5, 5.41) is 11.5. The highest BCUT2D eigenvalue weighted by molar-refractivity contribution is 9.10. The van der Waals surface area contributed by atoms with Gasteiger partial charge in [0.1, 0.15) is 17.5 Å². The van der Waals surface area contributed by atoms with E-state index in [0.29, 0.717) is 17.1 Å². The number of nitrogens with one attached hydrogen (secondary N) is 1. The molecule has 90 valence electrons. The van der Waals surface area contributed by atoms with Gasteiger partial charge in [0.25, 0.3) is 0 Å². The van der Waals surface area contributed by atoms with Crippen LogP contribution in [0.15, 0.2) is 33.4 Å². The van der Waals surface area contributed by atoms with E-state index in [4.69, 9.17) is 4.42 Å². The summed E-state index contributed by atoms with van der Waals surface area (Å²) in [6.07, 6.45) is 1.55. The number of halogens is 1. The van der Waals surface area contributed by atoms with E-state index in [2.05, 4.69) is 31.4 Å². The number of carbonyl (C=O) groups excluding carboxylic acids is 1. The van der Waals surface area contributed by atoms with E-state index in [-0.39, 0.29) is 5.91 Å². The number of aromatic nitrogens is 2. The summed E-state index contributed by atoms with van der Waals surface area (Å²) in [6, 6.07) is 5.65. The number of hydrogen-bond donors (Lipinski definition) is 1. The van der Waals surface area contributed by atoms with E-state index >= 15 is 0 Å². The van der Waals surface area contributed by atoms with Crippen molar-refractivity contribution in [1.29, 1.82) is 0 Å². The summed E-state index contributed by atoms with van der Waals surface area (Å²) < 4.78 is 6.44. The zero-order valence-corrected chi connectivity index (χ0v) is 11.0. The molecule has 0 spiro atoms. The molecule has 18 heavy (non-hydrogen) atoms. The third kappa shape index (κ3) is 1.74. The van der Waals surface area contributed by atoms with Crippen molar-refractivity contribution in [3.05, 3.63) is 28.9 Å². The first-order valence-corrected chi connectivity index (χ1v) is 6.05. The molecule has 1 aromatic carbocycles. The Morgan fingerprint density at radius 2 is 2.22 bits per heavy atom. The molecule has 0 unspecified atom stereocenters. The molecule has 2 heterocycles. The fourth-order valence-corrected chi connectivity index (χ4v) is 2.16. The highest BCUT2D eigenvalue weighted by Crippen LogP contribution is 2.35. The van der Waals surface area contributed by atoms with E-state index in [1.54, 1.807) is 6.26 Å². The van der Waals surface area contributed by atoms with Crippen LogP contribution in [-0.4, -0.2) is 16.1 Å². The predicted molar refractivity (Wildman–Crippen MR) is 70.4 cm³/mol. The zero-order chi connectivity index (χ0) is 12.7. The minimum absolute atomic E-state index is 0.189. The molecule has 5 nitrogen and oxygen atoms in total. The second kappa shape index (κ2) is 4.06. The Morgan fingerprint density at radius 1 is 1.39 bits per heavy atom. The van der Waals surface area contributed by atoms with Gasteiger partial charge in [0.15, 0.2) is 5.82 Å². The van der Waals surface area contributed by atoms with Crippen LogP contribution in [0.2, 0.25) is 0 Å². The maximum absolute atomic E-state index is 11.1. The number of hydrogen-bond acceptors (Lipinski definition) is 4. The Balaban J connectivity index is 2.25. The normalized spacial score (nSPS) is 11.0. The van der Waals surface area contributed by atoms with E-state index in [9.17, 15) is 4.79 Å². The van der Waals surface area contributed by atoms with Gasteiger partial charge in [-0.1, -0.05) is 15.9 Å². The van der Waals surface area contributed by atoms with Crippen LogP contribution < -0.4 is 5.32 Å². The molecule has 6 heteroatoms. The SMILES string of the molecule is CC(=O)Nc1nnc2c3cc(Br)ccc3occ1-2. The van der Waals surface area contributed by atoms with Crippen LogP contribution >= 0.6 is 15.9 Å². The monoisotopic (exact) mass is 305 g/mol. The maximum Gasteiger partial charge on any atom is 0.222 e. The van der Waals surface area contributed by atoms with Crippen molar-refractivity contribution < 1.29 is 9.21 Å². The van der Waals surface area contributed by atoms with Crippen molar-refractivity contribution in [3.63, 3.8) is 0 Å². The Labute approximate surface area is 111 Å². The number of fused-ring (bicyclic) bond motifs is 3. The molecule has 2 aliphatic heterocycles. The average Bonchev–Trinajstić information content (AvgIpc) is 2.72. The highest BCUT2D eigenvalue weighted by atomic mass is 79.9. The first-order valence-electron chi connectivity index (χ1n) is 5.26. The van der Waals surface area contributed by atoms with E-state index in [1.807, 2.05) is 18.2 Å². The smallest absolute Gasteiger partial charge is 0.222 e. The summed E-state index contributed by atoms with van der Waals surface area (Å²) in [6.45, 7) is 1.43. The molecule has 1 amide bonds. The van der Waals surface area contributed by atoms with Crippen LogP contribution in [0.4, 0.5) is 5.82 Å². The van der Waals surface area contributed by atoms with Crippen molar-refractivity contribution in [2.24, 2.45) is 0 Å². The molecule has 0 saturated heterocycles. The second-order valence-electron chi connectivity index (χ2n) is 3.87. The standard InChI is InChI=1S/C12H8BrN3O2/c1-6(17)14-12-9-5-18-10-3-2-7(13)4-8(10)11(9)15-16-12/h2-5H,1H3,(H,14,16,17). The topological polar surface area (TPSA) is 68.0 Å². The van der Waals surface area contributed by atoms with Gasteiger partial charge in [0, 0.05) is 16.8 Å². The Bertz CT molecular complexity index is 723. The second-order valence-corrected chi connectivity index (χ2v) is 4.78. The lowest BCUT2D eigenvalue weighted by Gasteiger charge is -2.04. The Hall–Kier alpha value is -1.95. The summed E-state index contributed by atoms with van der Waals surface area (Å²) in [4.78, 5) is 11.1. The van der Waals surface area contributed by atoms with Gasteiger partial charge >= 0.3 is 0 Å². The number of nitrogens with zero attached hydrogens (tertiary/aromatic N) is 2. The molecule has 0 bridgehead atoms. The lowest BCUT2D eigenvalue weighted by Crippen LogP contribution is -2.06. The zero-order valence-electron chi connectivity index (χ0n) is 9.40. The molecule has 0 radical (unpaired) electrons. The fraction of sp³-hybridized carbons (Fsp3) is 0.0833. The van der Waals surface area contributed by atoms with Gasteiger partial charge in [-0.2, -0.15) is 0 Å². The van der Waals surface area contributed by atoms with Crippen LogP contribution in [-0.2, 0) is 4.79 Å². The van der Waals surface area contributed by atoms with Gasteiger partial charge in [0.05, 0.1) is 5.56 Å². The molecule has 0 fully saturated rings. The first kappa shape index (κ1) is 11.2. The molecule has 0 saturated carbocycles. The third-order valence-electron chi connectivity index (χ3n) is 2.56. The molecule has 1 aromatic rings. The summed E-state index contributed by atoms with van der Waals surface area (Å²) in [7, 11) is 0. The summed E-state index contributed by atoms with van der Waals surface area (Å²) in [5.41, 5.74) is 2.12. The van der Waals surface area contributed by atoms with Crippen molar-refractivity contribution in [2.45, 2.75) is 6.92 Å². The highest BCUT2D eigenvalue weighted by Gasteiger charge is 2.18. The van der Waals surface area contributed by atoms with Gasteiger partial charge in [0.2, 0.25) is 5.91 Å².